The first-order chi connectivity index (χ1) is 16.0. The molecule has 2 aliphatic rings. The van der Waals surface area contributed by atoms with Crippen LogP contribution in [0.2, 0.25) is 0 Å². The fourth-order valence-electron chi connectivity index (χ4n) is 4.13. The number of halogens is 1. The Balaban J connectivity index is 1.55. The molecule has 0 aliphatic carbocycles. The third kappa shape index (κ3) is 4.70. The van der Waals surface area contributed by atoms with Crippen molar-refractivity contribution in [2.45, 2.75) is 33.2 Å². The van der Waals surface area contributed by atoms with Crippen LogP contribution in [0.1, 0.15) is 37.5 Å². The molecule has 2 aromatic carbocycles. The van der Waals surface area contributed by atoms with Crippen LogP contribution in [0.25, 0.3) is 11.6 Å². The number of imide groups is 1. The van der Waals surface area contributed by atoms with E-state index in [9.17, 15) is 14.4 Å². The minimum atomic E-state index is -0.455. The van der Waals surface area contributed by atoms with Gasteiger partial charge in [0, 0.05) is 28.5 Å². The Bertz CT molecular complexity index is 1260. The van der Waals surface area contributed by atoms with E-state index in [1.165, 1.54) is 5.57 Å². The summed E-state index contributed by atoms with van der Waals surface area (Å²) in [5, 5.41) is 2.27. The number of aryl methyl sites for hydroxylation is 1. The summed E-state index contributed by atoms with van der Waals surface area (Å²) >= 11 is 4.21. The summed E-state index contributed by atoms with van der Waals surface area (Å²) in [6.45, 7) is 8.10. The van der Waals surface area contributed by atoms with Crippen molar-refractivity contribution >= 4 is 67.8 Å². The van der Waals surface area contributed by atoms with Gasteiger partial charge in [-0.3, -0.25) is 19.3 Å². The molecule has 1 N–H and O–H groups in total. The minimum absolute atomic E-state index is 0.0927. The fourth-order valence-corrected chi connectivity index (χ4v) is 5.22. The normalized spacial score (nSPS) is 18.3. The number of anilines is 2. The Kier molecular flexibility index (Phi) is 6.48. The molecular formula is C26H26BrN3O3S. The largest absolute Gasteiger partial charge is 0.365 e. The number of nitrogens with zero attached hydrogens (tertiary/aromatic N) is 2. The number of thioether (sulfide) groups is 1. The van der Waals surface area contributed by atoms with Crippen molar-refractivity contribution in [3.8, 4) is 0 Å². The van der Waals surface area contributed by atoms with E-state index in [0.29, 0.717) is 10.6 Å². The van der Waals surface area contributed by atoms with Crippen molar-refractivity contribution in [2.75, 3.05) is 23.8 Å². The Morgan fingerprint density at radius 1 is 1.15 bits per heavy atom. The number of nitrogens with one attached hydrogen (secondary N) is 1. The predicted octanol–water partition coefficient (Wildman–Crippen LogP) is 6.06. The molecule has 4 rings (SSSR count). The maximum Gasteiger partial charge on any atom is 0.294 e. The molecule has 34 heavy (non-hydrogen) atoms. The second kappa shape index (κ2) is 9.07. The molecule has 2 aromatic rings. The first kappa shape index (κ1) is 24.3. The van der Waals surface area contributed by atoms with Gasteiger partial charge in [-0.1, -0.05) is 22.0 Å². The number of allylic oxidation sites excluding steroid dienone is 1. The second-order valence-corrected chi connectivity index (χ2v) is 11.0. The van der Waals surface area contributed by atoms with Crippen molar-refractivity contribution in [1.29, 1.82) is 0 Å². The molecule has 2 heterocycles. The lowest BCUT2D eigenvalue weighted by atomic mass is 9.87. The number of amides is 3. The molecule has 0 aromatic heterocycles. The maximum atomic E-state index is 13.0. The van der Waals surface area contributed by atoms with Gasteiger partial charge in [0.2, 0.25) is 5.91 Å². The summed E-state index contributed by atoms with van der Waals surface area (Å²) in [7, 11) is 2.07. The topological polar surface area (TPSA) is 69.7 Å². The molecule has 2 aliphatic heterocycles. The molecule has 6 nitrogen and oxygen atoms in total. The molecular weight excluding hydrogens is 514 g/mol. The second-order valence-electron chi connectivity index (χ2n) is 9.09. The van der Waals surface area contributed by atoms with Gasteiger partial charge in [0.25, 0.3) is 11.1 Å². The molecule has 3 amide bonds. The molecule has 0 unspecified atom stereocenters. The van der Waals surface area contributed by atoms with Gasteiger partial charge in [0.1, 0.15) is 6.54 Å². The monoisotopic (exact) mass is 539 g/mol. The summed E-state index contributed by atoms with van der Waals surface area (Å²) < 4.78 is 0.889. The molecule has 8 heteroatoms. The van der Waals surface area contributed by atoms with E-state index in [1.54, 1.807) is 30.3 Å². The van der Waals surface area contributed by atoms with Crippen molar-refractivity contribution in [3.05, 3.63) is 68.5 Å². The third-order valence-corrected chi connectivity index (χ3v) is 7.63. The van der Waals surface area contributed by atoms with Crippen LogP contribution < -0.4 is 10.2 Å². The maximum absolute atomic E-state index is 13.0. The number of fused-ring (bicyclic) bond motifs is 1. The lowest BCUT2D eigenvalue weighted by molar-refractivity contribution is -0.127. The summed E-state index contributed by atoms with van der Waals surface area (Å²) in [5.74, 6) is -0.883. The van der Waals surface area contributed by atoms with E-state index in [-0.39, 0.29) is 12.1 Å². The van der Waals surface area contributed by atoms with Gasteiger partial charge in [-0.05, 0) is 98.6 Å². The number of rotatable bonds is 4. The van der Waals surface area contributed by atoms with E-state index in [2.05, 4.69) is 72.2 Å². The van der Waals surface area contributed by atoms with Crippen molar-refractivity contribution < 1.29 is 14.4 Å². The van der Waals surface area contributed by atoms with Crippen LogP contribution in [0.3, 0.4) is 0 Å². The van der Waals surface area contributed by atoms with Crippen LogP contribution in [-0.4, -0.2) is 41.1 Å². The first-order valence-corrected chi connectivity index (χ1v) is 12.5. The van der Waals surface area contributed by atoms with Crippen LogP contribution >= 0.6 is 27.7 Å². The fraction of sp³-hybridized carbons (Fsp3) is 0.269. The molecule has 0 saturated carbocycles. The SMILES string of the molecule is CC1=CC(C)(C)N(C)c2cc(C)c(/C=C3\SC(=O)N(CC(=O)Nc4ccc(Br)cc4)C3=O)cc21. The van der Waals surface area contributed by atoms with Crippen LogP contribution in [0.4, 0.5) is 16.2 Å². The van der Waals surface area contributed by atoms with Gasteiger partial charge < -0.3 is 10.2 Å². The van der Waals surface area contributed by atoms with Gasteiger partial charge in [-0.25, -0.2) is 0 Å². The zero-order valence-corrected chi connectivity index (χ0v) is 22.1. The number of hydrogen-bond acceptors (Lipinski definition) is 5. The van der Waals surface area contributed by atoms with Gasteiger partial charge >= 0.3 is 0 Å². The first-order valence-electron chi connectivity index (χ1n) is 10.9. The molecule has 0 spiro atoms. The predicted molar refractivity (Wildman–Crippen MR) is 143 cm³/mol. The van der Waals surface area contributed by atoms with Crippen molar-refractivity contribution in [2.24, 2.45) is 0 Å². The highest BCUT2D eigenvalue weighted by molar-refractivity contribution is 9.10. The smallest absolute Gasteiger partial charge is 0.294 e. The highest BCUT2D eigenvalue weighted by atomic mass is 79.9. The quantitative estimate of drug-likeness (QED) is 0.478. The van der Waals surface area contributed by atoms with Crippen molar-refractivity contribution in [3.63, 3.8) is 0 Å². The summed E-state index contributed by atoms with van der Waals surface area (Å²) in [5.41, 5.74) is 5.80. The molecule has 1 fully saturated rings. The Morgan fingerprint density at radius 3 is 2.50 bits per heavy atom. The Morgan fingerprint density at radius 2 is 1.82 bits per heavy atom. The standard InChI is InChI=1S/C26H26BrN3O3S/c1-15-10-21-20(16(2)13-26(3,4)29(21)5)11-17(15)12-22-24(32)30(25(33)34-22)14-23(31)28-19-8-6-18(27)7-9-19/h6-13H,14H2,1-5H3,(H,28,31)/b22-12-. The van der Waals surface area contributed by atoms with Crippen molar-refractivity contribution in [1.82, 2.24) is 4.90 Å². The van der Waals surface area contributed by atoms with Crippen LogP contribution in [0.15, 0.2) is 51.9 Å². The highest BCUT2D eigenvalue weighted by Gasteiger charge is 2.36. The number of carbonyl (C=O) groups excluding carboxylic acids is 3. The average molecular weight is 540 g/mol. The van der Waals surface area contributed by atoms with Gasteiger partial charge in [0.05, 0.1) is 10.4 Å². The van der Waals surface area contributed by atoms with Gasteiger partial charge in [0.15, 0.2) is 0 Å². The summed E-state index contributed by atoms with van der Waals surface area (Å²) in [4.78, 5) is 41.5. The molecule has 0 bridgehead atoms. The number of hydrogen-bond donors (Lipinski definition) is 1. The number of carbonyl (C=O) groups is 3. The minimum Gasteiger partial charge on any atom is -0.365 e. The van der Waals surface area contributed by atoms with E-state index in [4.69, 9.17) is 0 Å². The summed E-state index contributed by atoms with van der Waals surface area (Å²) in [6.07, 6.45) is 3.98. The van der Waals surface area contributed by atoms with E-state index in [1.807, 2.05) is 6.92 Å². The third-order valence-electron chi connectivity index (χ3n) is 6.19. The molecule has 0 atom stereocenters. The lowest BCUT2D eigenvalue weighted by Crippen LogP contribution is -2.42. The van der Waals surface area contributed by atoms with Gasteiger partial charge in [-0.2, -0.15) is 0 Å². The Labute approximate surface area is 212 Å². The molecule has 0 radical (unpaired) electrons. The van der Waals surface area contributed by atoms with E-state index < -0.39 is 17.1 Å². The average Bonchev–Trinajstić information content (AvgIpc) is 3.02. The lowest BCUT2D eigenvalue weighted by Gasteiger charge is -2.41. The molecule has 176 valence electrons. The van der Waals surface area contributed by atoms with Gasteiger partial charge in [-0.15, -0.1) is 0 Å². The Hall–Kier alpha value is -2.84. The van der Waals surface area contributed by atoms with Crippen LogP contribution in [-0.2, 0) is 9.59 Å². The summed E-state index contributed by atoms with van der Waals surface area (Å²) in [6, 6.07) is 11.3. The zero-order chi connectivity index (χ0) is 24.8. The zero-order valence-electron chi connectivity index (χ0n) is 19.7. The van der Waals surface area contributed by atoms with E-state index >= 15 is 0 Å². The van der Waals surface area contributed by atoms with Crippen LogP contribution in [0, 0.1) is 6.92 Å². The number of likely N-dealkylation sites (N-methyl/N-ethyl adjacent to an activating group) is 1. The number of benzene rings is 2. The van der Waals surface area contributed by atoms with E-state index in [0.717, 1.165) is 43.5 Å². The molecule has 1 saturated heterocycles. The highest BCUT2D eigenvalue weighted by Crippen LogP contribution is 2.40. The van der Waals surface area contributed by atoms with Crippen LogP contribution in [0.5, 0.6) is 0 Å².